The van der Waals surface area contributed by atoms with Gasteiger partial charge < -0.3 is 9.64 Å². The third kappa shape index (κ3) is 4.20. The molecule has 0 bridgehead atoms. The Kier molecular flexibility index (Phi) is 5.84. The van der Waals surface area contributed by atoms with Crippen molar-refractivity contribution in [1.82, 2.24) is 0 Å². The summed E-state index contributed by atoms with van der Waals surface area (Å²) in [6.07, 6.45) is 5.33. The number of hydrogen-bond donors (Lipinski definition) is 0. The van der Waals surface area contributed by atoms with Gasteiger partial charge in [0, 0.05) is 17.8 Å². The highest BCUT2D eigenvalue weighted by molar-refractivity contribution is 5.95. The maximum Gasteiger partial charge on any atom is 0.310 e. The fraction of sp³-hybridized carbons (Fsp3) is 0.350. The zero-order chi connectivity index (χ0) is 18.4. The van der Waals surface area contributed by atoms with Gasteiger partial charge in [0.1, 0.15) is 0 Å². The van der Waals surface area contributed by atoms with Crippen LogP contribution in [0, 0.1) is 10.1 Å². The molecule has 0 N–H and O–H groups in total. The van der Waals surface area contributed by atoms with E-state index in [1.54, 1.807) is 17.0 Å². The molecule has 3 rings (SSSR count). The van der Waals surface area contributed by atoms with Gasteiger partial charge in [-0.15, -0.1) is 0 Å². The average Bonchev–Trinajstić information content (AvgIpc) is 2.68. The highest BCUT2D eigenvalue weighted by Crippen LogP contribution is 2.29. The van der Waals surface area contributed by atoms with Crippen LogP contribution in [-0.2, 0) is 4.79 Å². The fourth-order valence-electron chi connectivity index (χ4n) is 3.43. The number of anilines is 1. The topological polar surface area (TPSA) is 72.7 Å². The minimum Gasteiger partial charge on any atom is -0.477 e. The molecule has 1 aliphatic carbocycles. The number of hydrogen-bond acceptors (Lipinski definition) is 4. The molecule has 0 aliphatic heterocycles. The van der Waals surface area contributed by atoms with Crippen LogP contribution in [0.1, 0.15) is 32.1 Å². The summed E-state index contributed by atoms with van der Waals surface area (Å²) in [6, 6.07) is 15.8. The smallest absolute Gasteiger partial charge is 0.310 e. The number of ether oxygens (including phenoxy) is 1. The first-order valence-electron chi connectivity index (χ1n) is 8.90. The van der Waals surface area contributed by atoms with Gasteiger partial charge in [-0.2, -0.15) is 0 Å². The van der Waals surface area contributed by atoms with E-state index in [0.29, 0.717) is 0 Å². The molecule has 2 aromatic carbocycles. The SMILES string of the molecule is O=C(COc1ccccc1[N+](=O)[O-])N(c1ccccc1)C1CCCCC1. The summed E-state index contributed by atoms with van der Waals surface area (Å²) in [4.78, 5) is 25.3. The van der Waals surface area contributed by atoms with E-state index in [-0.39, 0.29) is 30.0 Å². The first-order valence-corrected chi connectivity index (χ1v) is 8.90. The Morgan fingerprint density at radius 3 is 2.38 bits per heavy atom. The van der Waals surface area contributed by atoms with E-state index in [9.17, 15) is 14.9 Å². The molecule has 1 amide bonds. The Balaban J connectivity index is 1.77. The molecule has 6 nitrogen and oxygen atoms in total. The van der Waals surface area contributed by atoms with Crippen molar-refractivity contribution in [2.24, 2.45) is 0 Å². The standard InChI is InChI=1S/C20H22N2O4/c23-20(15-26-19-14-8-7-13-18(19)22(24)25)21(16-9-3-1-4-10-16)17-11-5-2-6-12-17/h1,3-4,7-10,13-14,17H,2,5-6,11-12,15H2. The number of amides is 1. The number of nitrogens with zero attached hydrogens (tertiary/aromatic N) is 2. The number of nitro groups is 1. The van der Waals surface area contributed by atoms with Crippen LogP contribution >= 0.6 is 0 Å². The van der Waals surface area contributed by atoms with Gasteiger partial charge in [0.15, 0.2) is 12.4 Å². The van der Waals surface area contributed by atoms with Gasteiger partial charge in [0.2, 0.25) is 0 Å². The molecular formula is C20H22N2O4. The van der Waals surface area contributed by atoms with Gasteiger partial charge >= 0.3 is 5.69 Å². The molecule has 1 fully saturated rings. The first kappa shape index (κ1) is 17.9. The molecule has 136 valence electrons. The molecule has 26 heavy (non-hydrogen) atoms. The molecule has 1 aliphatic rings. The number of rotatable bonds is 6. The average molecular weight is 354 g/mol. The molecule has 0 aromatic heterocycles. The van der Waals surface area contributed by atoms with Crippen molar-refractivity contribution < 1.29 is 14.5 Å². The van der Waals surface area contributed by atoms with Gasteiger partial charge in [-0.1, -0.05) is 49.6 Å². The van der Waals surface area contributed by atoms with E-state index in [0.717, 1.165) is 31.4 Å². The Labute approximate surface area is 152 Å². The molecule has 1 saturated carbocycles. The van der Waals surface area contributed by atoms with Crippen molar-refractivity contribution >= 4 is 17.3 Å². The second-order valence-electron chi connectivity index (χ2n) is 6.40. The molecule has 0 atom stereocenters. The van der Waals surface area contributed by atoms with Gasteiger partial charge in [0.05, 0.1) is 4.92 Å². The molecule has 0 unspecified atom stereocenters. The maximum absolute atomic E-state index is 12.9. The molecule has 0 radical (unpaired) electrons. The van der Waals surface area contributed by atoms with Gasteiger partial charge in [-0.25, -0.2) is 0 Å². The highest BCUT2D eigenvalue weighted by Gasteiger charge is 2.27. The second-order valence-corrected chi connectivity index (χ2v) is 6.40. The lowest BCUT2D eigenvalue weighted by atomic mass is 9.93. The third-order valence-corrected chi connectivity index (χ3v) is 4.66. The highest BCUT2D eigenvalue weighted by atomic mass is 16.6. The van der Waals surface area contributed by atoms with E-state index in [2.05, 4.69) is 0 Å². The molecular weight excluding hydrogens is 332 g/mol. The van der Waals surface area contributed by atoms with Crippen molar-refractivity contribution in [1.29, 1.82) is 0 Å². The van der Waals surface area contributed by atoms with E-state index < -0.39 is 4.92 Å². The largest absolute Gasteiger partial charge is 0.477 e. The Bertz CT molecular complexity index is 757. The summed E-state index contributed by atoms with van der Waals surface area (Å²) in [5.74, 6) is -0.0660. The van der Waals surface area contributed by atoms with Gasteiger partial charge in [0.25, 0.3) is 5.91 Å². The number of carbonyl (C=O) groups excluding carboxylic acids is 1. The monoisotopic (exact) mass is 354 g/mol. The van der Waals surface area contributed by atoms with Crippen LogP contribution in [0.5, 0.6) is 5.75 Å². The van der Waals surface area contributed by atoms with Crippen molar-refractivity contribution in [2.45, 2.75) is 38.1 Å². The van der Waals surface area contributed by atoms with Crippen molar-refractivity contribution in [3.05, 3.63) is 64.7 Å². The number of para-hydroxylation sites is 3. The lowest BCUT2D eigenvalue weighted by Crippen LogP contribution is -2.44. The summed E-state index contributed by atoms with van der Waals surface area (Å²) >= 11 is 0. The fourth-order valence-corrected chi connectivity index (χ4v) is 3.43. The van der Waals surface area contributed by atoms with Crippen molar-refractivity contribution in [3.8, 4) is 5.75 Å². The summed E-state index contributed by atoms with van der Waals surface area (Å²) in [7, 11) is 0. The molecule has 2 aromatic rings. The van der Waals surface area contributed by atoms with Crippen LogP contribution in [-0.4, -0.2) is 23.5 Å². The number of nitro benzene ring substituents is 1. The predicted octanol–water partition coefficient (Wildman–Crippen LogP) is 4.34. The minimum atomic E-state index is -0.504. The van der Waals surface area contributed by atoms with Crippen molar-refractivity contribution in [3.63, 3.8) is 0 Å². The summed E-state index contributed by atoms with van der Waals surface area (Å²) in [6.45, 7) is -0.226. The number of carbonyl (C=O) groups is 1. The van der Waals surface area contributed by atoms with Crippen LogP contribution in [0.4, 0.5) is 11.4 Å². The molecule has 0 saturated heterocycles. The summed E-state index contributed by atoms with van der Waals surface area (Å²) in [5.41, 5.74) is 0.708. The summed E-state index contributed by atoms with van der Waals surface area (Å²) < 4.78 is 5.52. The zero-order valence-electron chi connectivity index (χ0n) is 14.5. The normalized spacial score (nSPS) is 14.6. The van der Waals surface area contributed by atoms with Crippen LogP contribution in [0.2, 0.25) is 0 Å². The Morgan fingerprint density at radius 1 is 1.04 bits per heavy atom. The zero-order valence-corrected chi connectivity index (χ0v) is 14.5. The lowest BCUT2D eigenvalue weighted by molar-refractivity contribution is -0.385. The van der Waals surface area contributed by atoms with Gasteiger partial charge in [-0.3, -0.25) is 14.9 Å². The van der Waals surface area contributed by atoms with Crippen LogP contribution in [0.25, 0.3) is 0 Å². The number of benzene rings is 2. The Hall–Kier alpha value is -2.89. The Morgan fingerprint density at radius 2 is 1.69 bits per heavy atom. The van der Waals surface area contributed by atoms with Crippen LogP contribution in [0.3, 0.4) is 0 Å². The molecule has 0 heterocycles. The molecule has 0 spiro atoms. The quantitative estimate of drug-likeness (QED) is 0.571. The van der Waals surface area contributed by atoms with Crippen molar-refractivity contribution in [2.75, 3.05) is 11.5 Å². The van der Waals surface area contributed by atoms with Gasteiger partial charge in [-0.05, 0) is 31.0 Å². The third-order valence-electron chi connectivity index (χ3n) is 4.66. The lowest BCUT2D eigenvalue weighted by Gasteiger charge is -2.34. The predicted molar refractivity (Wildman–Crippen MR) is 99.4 cm³/mol. The first-order chi connectivity index (χ1) is 12.7. The van der Waals surface area contributed by atoms with E-state index in [4.69, 9.17) is 4.74 Å². The van der Waals surface area contributed by atoms with E-state index >= 15 is 0 Å². The minimum absolute atomic E-state index is 0.113. The van der Waals surface area contributed by atoms with Crippen LogP contribution < -0.4 is 9.64 Å². The molecule has 6 heteroatoms. The van der Waals surface area contributed by atoms with E-state index in [1.165, 1.54) is 18.6 Å². The maximum atomic E-state index is 12.9. The summed E-state index contributed by atoms with van der Waals surface area (Å²) in [5, 5.41) is 11.1. The van der Waals surface area contributed by atoms with Crippen LogP contribution in [0.15, 0.2) is 54.6 Å². The second kappa shape index (κ2) is 8.47. The van der Waals surface area contributed by atoms with E-state index in [1.807, 2.05) is 30.3 Å².